The topological polar surface area (TPSA) is 57.6 Å². The van der Waals surface area contributed by atoms with Gasteiger partial charge in [0.05, 0.1) is 11.8 Å². The number of hydrogen-bond donors (Lipinski definition) is 1. The number of hydrogen-bond acceptors (Lipinski definition) is 3. The molecule has 0 aromatic rings. The van der Waals surface area contributed by atoms with E-state index in [2.05, 4.69) is 15.9 Å². The van der Waals surface area contributed by atoms with Crippen LogP contribution in [0, 0.1) is 0 Å². The molecule has 0 unspecified atom stereocenters. The summed E-state index contributed by atoms with van der Waals surface area (Å²) in [6.45, 7) is 0. The maximum absolute atomic E-state index is 11.1. The zero-order valence-corrected chi connectivity index (χ0v) is 8.89. The first-order chi connectivity index (χ1) is 6.11. The van der Waals surface area contributed by atoms with Gasteiger partial charge < -0.3 is 5.11 Å². The first-order valence-corrected chi connectivity index (χ1v) is 5.51. The lowest BCUT2D eigenvalue weighted by molar-refractivity contribution is -0.146. The molecule has 4 nitrogen and oxygen atoms in total. The fourth-order valence-electron chi connectivity index (χ4n) is 1.38. The number of halogens is 1. The second kappa shape index (κ2) is 3.02. The Morgan fingerprint density at radius 3 is 2.85 bits per heavy atom. The summed E-state index contributed by atoms with van der Waals surface area (Å²) in [5.41, 5.74) is 0.111. The first kappa shape index (κ1) is 9.08. The summed E-state index contributed by atoms with van der Waals surface area (Å²) in [7, 11) is 0. The van der Waals surface area contributed by atoms with Gasteiger partial charge in [-0.2, -0.15) is 0 Å². The van der Waals surface area contributed by atoms with Gasteiger partial charge in [-0.05, 0) is 0 Å². The number of thioether (sulfide) groups is 1. The molecule has 2 aliphatic rings. The molecule has 2 aliphatic heterocycles. The minimum atomic E-state index is -1.04. The van der Waals surface area contributed by atoms with Crippen LogP contribution in [-0.4, -0.2) is 33.0 Å². The highest BCUT2D eigenvalue weighted by atomic mass is 79.9. The van der Waals surface area contributed by atoms with E-state index in [9.17, 15) is 9.59 Å². The second-order valence-corrected chi connectivity index (χ2v) is 4.92. The van der Waals surface area contributed by atoms with E-state index in [0.29, 0.717) is 16.7 Å². The molecular weight excluding hydrogens is 258 g/mol. The van der Waals surface area contributed by atoms with E-state index >= 15 is 0 Å². The predicted molar refractivity (Wildman–Crippen MR) is 51.3 cm³/mol. The maximum Gasteiger partial charge on any atom is 0.353 e. The lowest BCUT2D eigenvalue weighted by atomic mass is 10.1. The van der Waals surface area contributed by atoms with E-state index in [1.54, 1.807) is 11.8 Å². The zero-order chi connectivity index (χ0) is 9.59. The number of carboxylic acids is 1. The Labute approximate surface area is 87.1 Å². The van der Waals surface area contributed by atoms with E-state index in [4.69, 9.17) is 5.11 Å². The highest BCUT2D eigenvalue weighted by Crippen LogP contribution is 2.41. The number of rotatable bonds is 1. The maximum atomic E-state index is 11.1. The Bertz CT molecular complexity index is 328. The minimum Gasteiger partial charge on any atom is -0.477 e. The lowest BCUT2D eigenvalue weighted by Crippen LogP contribution is -2.53. The largest absolute Gasteiger partial charge is 0.477 e. The average molecular weight is 264 g/mol. The van der Waals surface area contributed by atoms with Crippen molar-refractivity contribution in [2.45, 2.75) is 11.8 Å². The molecule has 0 aliphatic carbocycles. The molecule has 1 N–H and O–H groups in total. The minimum absolute atomic E-state index is 0.0416. The molecule has 6 heteroatoms. The van der Waals surface area contributed by atoms with Gasteiger partial charge in [-0.3, -0.25) is 9.69 Å². The number of β-lactam (4-membered cyclic amide) rings is 1. The van der Waals surface area contributed by atoms with Gasteiger partial charge in [-0.25, -0.2) is 4.79 Å². The van der Waals surface area contributed by atoms with Crippen LogP contribution in [0.15, 0.2) is 10.2 Å². The normalized spacial score (nSPS) is 27.0. The van der Waals surface area contributed by atoms with E-state index < -0.39 is 5.97 Å². The number of aliphatic carboxylic acids is 1. The third-order valence-electron chi connectivity index (χ3n) is 2.01. The summed E-state index contributed by atoms with van der Waals surface area (Å²) in [5.74, 6) is -0.507. The fourth-order valence-corrected chi connectivity index (χ4v) is 3.24. The van der Waals surface area contributed by atoms with Gasteiger partial charge in [0.1, 0.15) is 5.70 Å². The smallest absolute Gasteiger partial charge is 0.353 e. The summed E-state index contributed by atoms with van der Waals surface area (Å²) in [4.78, 5) is 23.3. The number of carboxylic acid groups (broad SMARTS) is 1. The van der Waals surface area contributed by atoms with E-state index in [0.717, 1.165) is 0 Å². The zero-order valence-electron chi connectivity index (χ0n) is 6.49. The molecule has 0 aromatic heterocycles. The summed E-state index contributed by atoms with van der Waals surface area (Å²) < 4.78 is 0.592. The molecule has 0 radical (unpaired) electrons. The number of nitrogens with zero attached hydrogens (tertiary/aromatic N) is 1. The molecule has 70 valence electrons. The Morgan fingerprint density at radius 2 is 2.38 bits per heavy atom. The molecule has 0 aromatic carbocycles. The Hall–Kier alpha value is -0.490. The third kappa shape index (κ3) is 1.28. The van der Waals surface area contributed by atoms with E-state index in [1.165, 1.54) is 4.90 Å². The van der Waals surface area contributed by atoms with Gasteiger partial charge in [0.15, 0.2) is 0 Å². The SMILES string of the molecule is O=C(O)C1=C(Br)CS[C@@H]2CC(=O)N12. The third-order valence-corrected chi connectivity index (χ3v) is 4.25. The summed E-state index contributed by atoms with van der Waals surface area (Å²) in [5, 5.41) is 8.90. The molecule has 1 amide bonds. The van der Waals surface area contributed by atoms with Crippen LogP contribution in [0.2, 0.25) is 0 Å². The summed E-state index contributed by atoms with van der Waals surface area (Å²) >= 11 is 4.75. The van der Waals surface area contributed by atoms with Crippen molar-refractivity contribution in [3.63, 3.8) is 0 Å². The van der Waals surface area contributed by atoms with Gasteiger partial charge in [-0.1, -0.05) is 15.9 Å². The standard InChI is InChI=1S/C7H6BrNO3S/c8-3-2-13-5-1-4(10)9(5)6(3)7(11)12/h5H,1-2H2,(H,11,12)/t5-/m1/s1. The van der Waals surface area contributed by atoms with Crippen molar-refractivity contribution >= 4 is 39.6 Å². The van der Waals surface area contributed by atoms with Crippen LogP contribution in [0.4, 0.5) is 0 Å². The Kier molecular flexibility index (Phi) is 2.11. The molecule has 0 saturated carbocycles. The lowest BCUT2D eigenvalue weighted by Gasteiger charge is -2.43. The molecule has 13 heavy (non-hydrogen) atoms. The monoisotopic (exact) mass is 263 g/mol. The van der Waals surface area contributed by atoms with Crippen LogP contribution in [0.3, 0.4) is 0 Å². The van der Waals surface area contributed by atoms with Crippen LogP contribution < -0.4 is 0 Å². The van der Waals surface area contributed by atoms with Crippen molar-refractivity contribution in [3.05, 3.63) is 10.2 Å². The van der Waals surface area contributed by atoms with Crippen LogP contribution in [0.5, 0.6) is 0 Å². The van der Waals surface area contributed by atoms with E-state index in [-0.39, 0.29) is 17.0 Å². The molecule has 1 fully saturated rings. The second-order valence-electron chi connectivity index (χ2n) is 2.79. The number of fused-ring (bicyclic) bond motifs is 1. The first-order valence-electron chi connectivity index (χ1n) is 3.67. The molecule has 1 saturated heterocycles. The fraction of sp³-hybridized carbons (Fsp3) is 0.429. The van der Waals surface area contributed by atoms with Gasteiger partial charge in [-0.15, -0.1) is 11.8 Å². The van der Waals surface area contributed by atoms with Crippen LogP contribution in [0.1, 0.15) is 6.42 Å². The Morgan fingerprint density at radius 1 is 1.69 bits per heavy atom. The van der Waals surface area contributed by atoms with Crippen LogP contribution in [0.25, 0.3) is 0 Å². The number of amides is 1. The van der Waals surface area contributed by atoms with Crippen molar-refractivity contribution in [2.24, 2.45) is 0 Å². The highest BCUT2D eigenvalue weighted by molar-refractivity contribution is 9.11. The quantitative estimate of drug-likeness (QED) is 0.717. The predicted octanol–water partition coefficient (Wildman–Crippen LogP) is 0.983. The molecule has 2 heterocycles. The number of carbonyl (C=O) groups excluding carboxylic acids is 1. The van der Waals surface area contributed by atoms with Crippen molar-refractivity contribution in [2.75, 3.05) is 5.75 Å². The molecular formula is C7H6BrNO3S. The van der Waals surface area contributed by atoms with Crippen LogP contribution in [-0.2, 0) is 9.59 Å². The van der Waals surface area contributed by atoms with E-state index in [1.807, 2.05) is 0 Å². The molecule has 2 rings (SSSR count). The van der Waals surface area contributed by atoms with Crippen molar-refractivity contribution in [1.29, 1.82) is 0 Å². The van der Waals surface area contributed by atoms with Gasteiger partial charge in [0.2, 0.25) is 5.91 Å². The molecule has 0 spiro atoms. The molecule has 1 atom stereocenters. The number of carbonyl (C=O) groups is 2. The summed E-state index contributed by atoms with van der Waals surface area (Å²) in [6, 6.07) is 0. The van der Waals surface area contributed by atoms with Gasteiger partial charge in [0, 0.05) is 10.2 Å². The average Bonchev–Trinajstić information content (AvgIpc) is 2.05. The van der Waals surface area contributed by atoms with Crippen molar-refractivity contribution < 1.29 is 14.7 Å². The Balaban J connectivity index is 2.37. The van der Waals surface area contributed by atoms with Gasteiger partial charge >= 0.3 is 5.97 Å². The van der Waals surface area contributed by atoms with Gasteiger partial charge in [0.25, 0.3) is 0 Å². The highest BCUT2D eigenvalue weighted by Gasteiger charge is 2.44. The van der Waals surface area contributed by atoms with Crippen molar-refractivity contribution in [3.8, 4) is 0 Å². The van der Waals surface area contributed by atoms with Crippen LogP contribution >= 0.6 is 27.7 Å². The van der Waals surface area contributed by atoms with Crippen molar-refractivity contribution in [1.82, 2.24) is 4.90 Å². The molecule has 0 bridgehead atoms. The summed E-state index contributed by atoms with van der Waals surface area (Å²) in [6.07, 6.45) is 0.460.